The number of nitrogens with one attached hydrogen (secondary N) is 1. The minimum absolute atomic E-state index is 0.0640. The molecule has 2 aromatic rings. The van der Waals surface area contributed by atoms with Crippen LogP contribution in [0.1, 0.15) is 15.9 Å². The van der Waals surface area contributed by atoms with Gasteiger partial charge < -0.3 is 0 Å². The number of amides is 1. The molecule has 1 heterocycles. The molecule has 0 fully saturated rings. The Labute approximate surface area is 140 Å². The Balaban J connectivity index is 2.51. The van der Waals surface area contributed by atoms with Crippen molar-refractivity contribution in [1.82, 2.24) is 9.71 Å². The van der Waals surface area contributed by atoms with Crippen molar-refractivity contribution < 1.29 is 22.0 Å². The SMILES string of the molecule is CS(=O)(=O)NC(=O)c1cc(Cl)c(-c2cnc(F)c(C#N)c2)cc1F. The Morgan fingerprint density at radius 2 is 2.00 bits per heavy atom. The monoisotopic (exact) mass is 371 g/mol. The molecule has 0 aliphatic heterocycles. The Kier molecular flexibility index (Phi) is 4.82. The predicted molar refractivity (Wildman–Crippen MR) is 81.6 cm³/mol. The summed E-state index contributed by atoms with van der Waals surface area (Å²) in [5.41, 5.74) is -0.714. The van der Waals surface area contributed by atoms with Gasteiger partial charge in [-0.1, -0.05) is 11.6 Å². The third kappa shape index (κ3) is 3.84. The number of carbonyl (C=O) groups excluding carboxylic acids is 1. The highest BCUT2D eigenvalue weighted by atomic mass is 35.5. The molecule has 1 amide bonds. The molecule has 2 rings (SSSR count). The molecular weight excluding hydrogens is 364 g/mol. The normalized spacial score (nSPS) is 11.0. The van der Waals surface area contributed by atoms with Crippen LogP contribution in [0.3, 0.4) is 0 Å². The van der Waals surface area contributed by atoms with Crippen LogP contribution in [0.5, 0.6) is 0 Å². The lowest BCUT2D eigenvalue weighted by atomic mass is 10.0. The minimum atomic E-state index is -3.87. The zero-order valence-corrected chi connectivity index (χ0v) is 13.5. The Bertz CT molecular complexity index is 987. The summed E-state index contributed by atoms with van der Waals surface area (Å²) in [6, 6.07) is 4.52. The highest BCUT2D eigenvalue weighted by molar-refractivity contribution is 7.89. The molecular formula is C14H8ClF2N3O3S. The van der Waals surface area contributed by atoms with E-state index in [1.165, 1.54) is 0 Å². The van der Waals surface area contributed by atoms with E-state index in [1.54, 1.807) is 10.8 Å². The average molecular weight is 372 g/mol. The van der Waals surface area contributed by atoms with Gasteiger partial charge in [0.05, 0.1) is 11.8 Å². The molecule has 6 nitrogen and oxygen atoms in total. The zero-order chi connectivity index (χ0) is 18.1. The van der Waals surface area contributed by atoms with Crippen LogP contribution < -0.4 is 4.72 Å². The number of benzene rings is 1. The molecule has 124 valence electrons. The molecule has 0 radical (unpaired) electrons. The van der Waals surface area contributed by atoms with Gasteiger partial charge in [-0.05, 0) is 18.2 Å². The molecule has 0 spiro atoms. The van der Waals surface area contributed by atoms with Crippen molar-refractivity contribution >= 4 is 27.5 Å². The first kappa shape index (κ1) is 17.8. The van der Waals surface area contributed by atoms with Crippen LogP contribution >= 0.6 is 11.6 Å². The van der Waals surface area contributed by atoms with Crippen LogP contribution in [0, 0.1) is 23.1 Å². The lowest BCUT2D eigenvalue weighted by Gasteiger charge is -2.09. The molecule has 0 atom stereocenters. The van der Waals surface area contributed by atoms with Gasteiger partial charge in [0, 0.05) is 22.3 Å². The van der Waals surface area contributed by atoms with Crippen LogP contribution in [-0.2, 0) is 10.0 Å². The second kappa shape index (κ2) is 6.51. The molecule has 24 heavy (non-hydrogen) atoms. The third-order valence-electron chi connectivity index (χ3n) is 2.85. The van der Waals surface area contributed by atoms with Gasteiger partial charge in [0.2, 0.25) is 16.0 Å². The number of halogens is 3. The molecule has 0 saturated heterocycles. The quantitative estimate of drug-likeness (QED) is 0.834. The molecule has 0 aliphatic rings. The van der Waals surface area contributed by atoms with Gasteiger partial charge in [0.1, 0.15) is 17.4 Å². The van der Waals surface area contributed by atoms with E-state index in [-0.39, 0.29) is 21.7 Å². The number of hydrogen-bond acceptors (Lipinski definition) is 5. The predicted octanol–water partition coefficient (Wildman–Crippen LogP) is 2.24. The van der Waals surface area contributed by atoms with Gasteiger partial charge in [0.15, 0.2) is 0 Å². The van der Waals surface area contributed by atoms with Crippen LogP contribution in [0.2, 0.25) is 5.02 Å². The van der Waals surface area contributed by atoms with Crippen LogP contribution in [0.15, 0.2) is 24.4 Å². The van der Waals surface area contributed by atoms with E-state index in [0.717, 1.165) is 30.7 Å². The van der Waals surface area contributed by atoms with Gasteiger partial charge in [-0.15, -0.1) is 0 Å². The largest absolute Gasteiger partial charge is 0.268 e. The van der Waals surface area contributed by atoms with E-state index in [0.29, 0.717) is 0 Å². The molecule has 0 bridgehead atoms. The fourth-order valence-electron chi connectivity index (χ4n) is 1.84. The number of aromatic nitrogens is 1. The smallest absolute Gasteiger partial charge is 0.267 e. The number of pyridine rings is 1. The van der Waals surface area contributed by atoms with E-state index in [2.05, 4.69) is 4.98 Å². The maximum atomic E-state index is 14.1. The number of nitriles is 1. The standard InChI is InChI=1S/C14H8ClF2N3O3S/c1-24(22,23)20-14(21)10-3-11(15)9(4-12(10)16)8-2-7(5-18)13(17)19-6-8/h2-4,6H,1H3,(H,20,21). The number of rotatable bonds is 3. The Morgan fingerprint density at radius 1 is 1.33 bits per heavy atom. The Morgan fingerprint density at radius 3 is 2.58 bits per heavy atom. The summed E-state index contributed by atoms with van der Waals surface area (Å²) in [5.74, 6) is -3.21. The number of hydrogen-bond donors (Lipinski definition) is 1. The second-order valence-electron chi connectivity index (χ2n) is 4.69. The first-order valence-corrected chi connectivity index (χ1v) is 8.46. The first-order chi connectivity index (χ1) is 11.1. The minimum Gasteiger partial charge on any atom is -0.268 e. The zero-order valence-electron chi connectivity index (χ0n) is 12.0. The number of nitrogens with zero attached hydrogens (tertiary/aromatic N) is 2. The van der Waals surface area contributed by atoms with E-state index in [9.17, 15) is 22.0 Å². The van der Waals surface area contributed by atoms with Crippen molar-refractivity contribution in [2.75, 3.05) is 6.26 Å². The van der Waals surface area contributed by atoms with Crippen molar-refractivity contribution in [2.24, 2.45) is 0 Å². The fourth-order valence-corrected chi connectivity index (χ4v) is 2.56. The molecule has 0 aliphatic carbocycles. The van der Waals surface area contributed by atoms with Gasteiger partial charge in [-0.25, -0.2) is 22.5 Å². The Hall–Kier alpha value is -2.57. The third-order valence-corrected chi connectivity index (χ3v) is 3.72. The summed E-state index contributed by atoms with van der Waals surface area (Å²) in [4.78, 5) is 15.1. The second-order valence-corrected chi connectivity index (χ2v) is 6.85. The summed E-state index contributed by atoms with van der Waals surface area (Å²) >= 11 is 5.99. The van der Waals surface area contributed by atoms with Gasteiger partial charge >= 0.3 is 0 Å². The van der Waals surface area contributed by atoms with Crippen LogP contribution in [0.25, 0.3) is 11.1 Å². The van der Waals surface area contributed by atoms with Crippen molar-refractivity contribution in [3.63, 3.8) is 0 Å². The van der Waals surface area contributed by atoms with Gasteiger partial charge in [-0.3, -0.25) is 4.79 Å². The van der Waals surface area contributed by atoms with E-state index >= 15 is 0 Å². The van der Waals surface area contributed by atoms with Crippen molar-refractivity contribution in [1.29, 1.82) is 5.26 Å². The fraction of sp³-hybridized carbons (Fsp3) is 0.0714. The highest BCUT2D eigenvalue weighted by Gasteiger charge is 2.19. The summed E-state index contributed by atoms with van der Waals surface area (Å²) in [6.07, 6.45) is 1.79. The summed E-state index contributed by atoms with van der Waals surface area (Å²) in [6.45, 7) is 0. The topological polar surface area (TPSA) is 99.9 Å². The van der Waals surface area contributed by atoms with Crippen LogP contribution in [0.4, 0.5) is 8.78 Å². The molecule has 0 saturated carbocycles. The van der Waals surface area contributed by atoms with Crippen molar-refractivity contribution in [3.8, 4) is 17.2 Å². The van der Waals surface area contributed by atoms with Gasteiger partial charge in [0.25, 0.3) is 5.91 Å². The lowest BCUT2D eigenvalue weighted by Crippen LogP contribution is -2.30. The number of sulfonamides is 1. The molecule has 10 heteroatoms. The van der Waals surface area contributed by atoms with E-state index < -0.39 is 33.3 Å². The highest BCUT2D eigenvalue weighted by Crippen LogP contribution is 2.31. The van der Waals surface area contributed by atoms with Crippen molar-refractivity contribution in [3.05, 3.63) is 52.3 Å². The number of carbonyl (C=O) groups is 1. The summed E-state index contributed by atoms with van der Waals surface area (Å²) < 4.78 is 51.1. The van der Waals surface area contributed by atoms with Crippen molar-refractivity contribution in [2.45, 2.75) is 0 Å². The first-order valence-electron chi connectivity index (χ1n) is 6.19. The maximum Gasteiger partial charge on any atom is 0.267 e. The van der Waals surface area contributed by atoms with Crippen LogP contribution in [-0.4, -0.2) is 25.6 Å². The summed E-state index contributed by atoms with van der Waals surface area (Å²) in [7, 11) is -3.87. The molecule has 1 aromatic carbocycles. The molecule has 1 aromatic heterocycles. The van der Waals surface area contributed by atoms with Gasteiger partial charge in [-0.2, -0.15) is 9.65 Å². The maximum absolute atomic E-state index is 14.1. The molecule has 0 unspecified atom stereocenters. The lowest BCUT2D eigenvalue weighted by molar-refractivity contribution is 0.0978. The molecule has 1 N–H and O–H groups in total. The van der Waals surface area contributed by atoms with E-state index in [4.69, 9.17) is 16.9 Å². The summed E-state index contributed by atoms with van der Waals surface area (Å²) in [5, 5.41) is 8.69. The average Bonchev–Trinajstić information content (AvgIpc) is 2.48. The van der Waals surface area contributed by atoms with E-state index in [1.807, 2.05) is 0 Å².